The molecule has 29 heavy (non-hydrogen) atoms. The SMILES string of the molecule is CC(=O)C[C@@H](C)CCC1CCC(Oc2ncc(-c3ncc(Cl)cn3)cc2F)CC1. The largest absolute Gasteiger partial charge is 0.472 e. The number of nitrogens with zero attached hydrogens (tertiary/aromatic N) is 3. The predicted octanol–water partition coefficient (Wildman–Crippen LogP) is 5.66. The molecule has 0 amide bonds. The number of aromatic nitrogens is 3. The molecule has 3 rings (SSSR count). The lowest BCUT2D eigenvalue weighted by molar-refractivity contribution is -0.117. The van der Waals surface area contributed by atoms with Crippen LogP contribution in [0.5, 0.6) is 5.88 Å². The standard InChI is InChI=1S/C22H27ClFN3O2/c1-14(9-15(2)28)3-4-16-5-7-19(8-6-16)29-22-20(24)10-17(11-27-22)21-25-12-18(23)13-26-21/h10-14,16,19H,3-9H2,1-2H3/t14-,16?,19?/m0/s1. The lowest BCUT2D eigenvalue weighted by Gasteiger charge is -2.29. The van der Waals surface area contributed by atoms with Gasteiger partial charge in [0.25, 0.3) is 5.88 Å². The Morgan fingerprint density at radius 2 is 1.90 bits per heavy atom. The Balaban J connectivity index is 1.49. The van der Waals surface area contributed by atoms with Gasteiger partial charge in [-0.3, -0.25) is 0 Å². The van der Waals surface area contributed by atoms with Crippen LogP contribution in [0.25, 0.3) is 11.4 Å². The Bertz CT molecular complexity index is 823. The maximum atomic E-state index is 14.5. The van der Waals surface area contributed by atoms with E-state index in [0.29, 0.717) is 34.7 Å². The number of ketones is 1. The molecule has 2 heterocycles. The van der Waals surface area contributed by atoms with Gasteiger partial charge in [0.1, 0.15) is 11.9 Å². The van der Waals surface area contributed by atoms with Crippen molar-refractivity contribution in [3.05, 3.63) is 35.5 Å². The summed E-state index contributed by atoms with van der Waals surface area (Å²) in [5.41, 5.74) is 0.481. The number of hydrogen-bond acceptors (Lipinski definition) is 5. The molecule has 7 heteroatoms. The molecule has 1 saturated carbocycles. The van der Waals surface area contributed by atoms with Gasteiger partial charge in [-0.05, 0) is 50.5 Å². The molecule has 2 aromatic heterocycles. The summed E-state index contributed by atoms with van der Waals surface area (Å²) in [5, 5.41) is 0.422. The van der Waals surface area contributed by atoms with Gasteiger partial charge in [-0.1, -0.05) is 31.4 Å². The van der Waals surface area contributed by atoms with Crippen molar-refractivity contribution in [2.24, 2.45) is 11.8 Å². The predicted molar refractivity (Wildman–Crippen MR) is 110 cm³/mol. The Hall–Kier alpha value is -2.08. The van der Waals surface area contributed by atoms with Crippen molar-refractivity contribution < 1.29 is 13.9 Å². The molecule has 2 aromatic rings. The minimum Gasteiger partial charge on any atom is -0.472 e. The van der Waals surface area contributed by atoms with Crippen LogP contribution in [0.3, 0.4) is 0 Å². The molecule has 0 spiro atoms. The van der Waals surface area contributed by atoms with E-state index in [1.807, 2.05) is 0 Å². The average molecular weight is 420 g/mol. The normalized spacial score (nSPS) is 20.3. The third-order valence-corrected chi connectivity index (χ3v) is 5.66. The van der Waals surface area contributed by atoms with Gasteiger partial charge in [-0.15, -0.1) is 0 Å². The maximum Gasteiger partial charge on any atom is 0.250 e. The molecule has 0 N–H and O–H groups in total. The number of ether oxygens (including phenoxy) is 1. The van der Waals surface area contributed by atoms with E-state index in [4.69, 9.17) is 16.3 Å². The summed E-state index contributed by atoms with van der Waals surface area (Å²) in [5.74, 6) is 1.25. The van der Waals surface area contributed by atoms with Crippen molar-refractivity contribution in [2.45, 2.75) is 64.9 Å². The Labute approximate surface area is 176 Å². The Morgan fingerprint density at radius 1 is 1.21 bits per heavy atom. The van der Waals surface area contributed by atoms with Crippen LogP contribution >= 0.6 is 11.6 Å². The van der Waals surface area contributed by atoms with Crippen molar-refractivity contribution in [1.29, 1.82) is 0 Å². The second-order valence-electron chi connectivity index (χ2n) is 8.09. The minimum atomic E-state index is -0.513. The first-order valence-electron chi connectivity index (χ1n) is 10.2. The van der Waals surface area contributed by atoms with Crippen molar-refractivity contribution >= 4 is 17.4 Å². The van der Waals surface area contributed by atoms with Crippen LogP contribution < -0.4 is 4.74 Å². The highest BCUT2D eigenvalue weighted by molar-refractivity contribution is 6.30. The molecule has 0 aliphatic heterocycles. The molecule has 1 aliphatic rings. The van der Waals surface area contributed by atoms with Gasteiger partial charge in [-0.2, -0.15) is 0 Å². The van der Waals surface area contributed by atoms with Crippen LogP contribution in [0.15, 0.2) is 24.7 Å². The van der Waals surface area contributed by atoms with E-state index >= 15 is 0 Å². The highest BCUT2D eigenvalue weighted by atomic mass is 35.5. The van der Waals surface area contributed by atoms with Gasteiger partial charge in [0.05, 0.1) is 5.02 Å². The van der Waals surface area contributed by atoms with Gasteiger partial charge in [0, 0.05) is 30.6 Å². The third-order valence-electron chi connectivity index (χ3n) is 5.46. The fourth-order valence-corrected chi connectivity index (χ4v) is 4.00. The second kappa shape index (κ2) is 10.1. The zero-order valence-corrected chi connectivity index (χ0v) is 17.7. The second-order valence-corrected chi connectivity index (χ2v) is 8.52. The van der Waals surface area contributed by atoms with Crippen LogP contribution in [-0.4, -0.2) is 26.8 Å². The highest BCUT2D eigenvalue weighted by Crippen LogP contribution is 2.32. The zero-order chi connectivity index (χ0) is 20.8. The molecule has 0 saturated heterocycles. The fraction of sp³-hybridized carbons (Fsp3) is 0.545. The van der Waals surface area contributed by atoms with Crippen LogP contribution in [0, 0.1) is 17.7 Å². The summed E-state index contributed by atoms with van der Waals surface area (Å²) in [6, 6.07) is 1.34. The van der Waals surface area contributed by atoms with Gasteiger partial charge >= 0.3 is 0 Å². The number of pyridine rings is 1. The summed E-state index contributed by atoms with van der Waals surface area (Å²) in [6.45, 7) is 3.80. The minimum absolute atomic E-state index is 0.0134. The van der Waals surface area contributed by atoms with Gasteiger partial charge in [-0.25, -0.2) is 19.3 Å². The van der Waals surface area contributed by atoms with E-state index in [0.717, 1.165) is 38.5 Å². The van der Waals surface area contributed by atoms with Crippen LogP contribution in [0.1, 0.15) is 58.8 Å². The molecule has 156 valence electrons. The summed E-state index contributed by atoms with van der Waals surface area (Å²) in [4.78, 5) is 23.5. The van der Waals surface area contributed by atoms with Crippen molar-refractivity contribution in [3.63, 3.8) is 0 Å². The van der Waals surface area contributed by atoms with Crippen molar-refractivity contribution in [3.8, 4) is 17.3 Å². The summed E-state index contributed by atoms with van der Waals surface area (Å²) < 4.78 is 20.3. The Kier molecular flexibility index (Phi) is 7.53. The smallest absolute Gasteiger partial charge is 0.250 e. The quantitative estimate of drug-likeness (QED) is 0.552. The summed E-state index contributed by atoms with van der Waals surface area (Å²) >= 11 is 5.78. The number of Topliss-reactive ketones (excluding diaryl/α,β-unsaturated/α-hetero) is 1. The molecule has 0 radical (unpaired) electrons. The highest BCUT2D eigenvalue weighted by Gasteiger charge is 2.24. The van der Waals surface area contributed by atoms with E-state index in [9.17, 15) is 9.18 Å². The molecule has 1 aliphatic carbocycles. The molecule has 5 nitrogen and oxygen atoms in total. The average Bonchev–Trinajstić information content (AvgIpc) is 2.69. The maximum absolute atomic E-state index is 14.5. The van der Waals surface area contributed by atoms with Gasteiger partial charge < -0.3 is 9.53 Å². The fourth-order valence-electron chi connectivity index (χ4n) is 3.90. The van der Waals surface area contributed by atoms with Crippen molar-refractivity contribution in [1.82, 2.24) is 15.0 Å². The number of halogens is 2. The molecular weight excluding hydrogens is 393 g/mol. The first kappa shape index (κ1) is 21.6. The van der Waals surface area contributed by atoms with Gasteiger partial charge in [0.15, 0.2) is 11.6 Å². The van der Waals surface area contributed by atoms with E-state index in [1.165, 1.54) is 24.7 Å². The lowest BCUT2D eigenvalue weighted by Crippen LogP contribution is -2.25. The molecule has 1 fully saturated rings. The number of carbonyl (C=O) groups is 1. The van der Waals surface area contributed by atoms with Crippen LogP contribution in [-0.2, 0) is 4.79 Å². The lowest BCUT2D eigenvalue weighted by atomic mass is 9.82. The number of hydrogen-bond donors (Lipinski definition) is 0. The third kappa shape index (κ3) is 6.46. The molecule has 1 atom stereocenters. The number of rotatable bonds is 8. The summed E-state index contributed by atoms with van der Waals surface area (Å²) in [7, 11) is 0. The first-order valence-corrected chi connectivity index (χ1v) is 10.6. The first-order chi connectivity index (χ1) is 13.9. The summed E-state index contributed by atoms with van der Waals surface area (Å²) in [6.07, 6.45) is 11.3. The monoisotopic (exact) mass is 419 g/mol. The molecular formula is C22H27ClFN3O2. The van der Waals surface area contributed by atoms with E-state index < -0.39 is 5.82 Å². The van der Waals surface area contributed by atoms with Gasteiger partial charge in [0.2, 0.25) is 0 Å². The topological polar surface area (TPSA) is 65.0 Å². The zero-order valence-electron chi connectivity index (χ0n) is 16.9. The Morgan fingerprint density at radius 3 is 2.52 bits per heavy atom. The van der Waals surface area contributed by atoms with E-state index in [2.05, 4.69) is 21.9 Å². The van der Waals surface area contributed by atoms with Crippen LogP contribution in [0.4, 0.5) is 4.39 Å². The molecule has 0 unspecified atom stereocenters. The van der Waals surface area contributed by atoms with E-state index in [-0.39, 0.29) is 17.8 Å². The van der Waals surface area contributed by atoms with Crippen LogP contribution in [0.2, 0.25) is 5.02 Å². The number of carbonyl (C=O) groups excluding carboxylic acids is 1. The molecule has 0 aromatic carbocycles. The molecule has 0 bridgehead atoms. The van der Waals surface area contributed by atoms with E-state index in [1.54, 1.807) is 6.92 Å². The van der Waals surface area contributed by atoms with Crippen molar-refractivity contribution in [2.75, 3.05) is 0 Å².